The van der Waals surface area contributed by atoms with E-state index in [1.165, 1.54) is 5.48 Å². The molecule has 22 heavy (non-hydrogen) atoms. The topological polar surface area (TPSA) is 231 Å². The molecule has 2 aromatic heterocycles. The predicted octanol–water partition coefficient (Wildman–Crippen LogP) is -1.03. The van der Waals surface area contributed by atoms with Crippen LogP contribution in [0, 0.1) is 30.3 Å². The van der Waals surface area contributed by atoms with E-state index in [0.29, 0.717) is 4.52 Å². The van der Waals surface area contributed by atoms with Gasteiger partial charge in [0, 0.05) is 0 Å². The third-order valence-corrected chi connectivity index (χ3v) is 2.50. The van der Waals surface area contributed by atoms with Crippen LogP contribution in [0.25, 0.3) is 5.65 Å². The second-order valence-electron chi connectivity index (χ2n) is 3.72. The number of hydrogen-bond donors (Lipinski definition) is 3. The zero-order chi connectivity index (χ0) is 16.6. The van der Waals surface area contributed by atoms with Crippen LogP contribution in [0.5, 0.6) is 0 Å². The fourth-order valence-electron chi connectivity index (χ4n) is 1.63. The van der Waals surface area contributed by atoms with E-state index in [4.69, 9.17) is 10.9 Å². The van der Waals surface area contributed by atoms with Gasteiger partial charge < -0.3 is 5.73 Å². The third-order valence-electron chi connectivity index (χ3n) is 2.50. The Morgan fingerprint density at radius 1 is 1.18 bits per heavy atom. The molecule has 0 atom stereocenters. The lowest BCUT2D eigenvalue weighted by Gasteiger charge is -2.05. The molecule has 0 aromatic carbocycles. The highest BCUT2D eigenvalue weighted by Gasteiger charge is 2.42. The molecule has 0 saturated carbocycles. The number of nitrogens with one attached hydrogen (secondary N) is 1. The van der Waals surface area contributed by atoms with Crippen LogP contribution in [0.1, 0.15) is 12.0 Å². The Morgan fingerprint density at radius 2 is 1.77 bits per heavy atom. The van der Waals surface area contributed by atoms with Crippen molar-refractivity contribution in [2.75, 3.05) is 11.2 Å². The molecule has 0 bridgehead atoms. The van der Waals surface area contributed by atoms with Gasteiger partial charge in [0.2, 0.25) is 5.65 Å². The molecule has 2 rings (SSSR count). The Labute approximate surface area is 117 Å². The Hall–Kier alpha value is -3.69. The van der Waals surface area contributed by atoms with Crippen LogP contribution >= 0.6 is 0 Å². The van der Waals surface area contributed by atoms with E-state index in [2.05, 4.69) is 15.3 Å². The monoisotopic (exact) mass is 315 g/mol. The number of fused-ring (bicyclic) bond motifs is 1. The number of rotatable bonds is 5. The predicted molar refractivity (Wildman–Crippen MR) is 64.0 cm³/mol. The van der Waals surface area contributed by atoms with Gasteiger partial charge in [-0.3, -0.25) is 35.6 Å². The third kappa shape index (κ3) is 2.04. The van der Waals surface area contributed by atoms with E-state index >= 15 is 0 Å². The van der Waals surface area contributed by atoms with Gasteiger partial charge in [0.25, 0.3) is 5.82 Å². The highest BCUT2D eigenvalue weighted by molar-refractivity contribution is 5.81. The second-order valence-corrected chi connectivity index (χ2v) is 3.72. The molecular formula is C6H5N9O7. The Bertz CT molecular complexity index is 785. The minimum atomic E-state index is -2.52. The van der Waals surface area contributed by atoms with Gasteiger partial charge in [-0.25, -0.2) is 5.48 Å². The van der Waals surface area contributed by atoms with Crippen molar-refractivity contribution < 1.29 is 20.0 Å². The average Bonchev–Trinajstić information content (AvgIpc) is 2.81. The van der Waals surface area contributed by atoms with Crippen LogP contribution in [0.3, 0.4) is 0 Å². The van der Waals surface area contributed by atoms with Crippen molar-refractivity contribution in [3.8, 4) is 0 Å². The molecule has 0 fully saturated rings. The van der Waals surface area contributed by atoms with Gasteiger partial charge in [-0.1, -0.05) is 0 Å². The van der Waals surface area contributed by atoms with Crippen LogP contribution < -0.4 is 11.2 Å². The maximum atomic E-state index is 10.9. The maximum Gasteiger partial charge on any atom is 0.511 e. The van der Waals surface area contributed by atoms with E-state index in [1.54, 1.807) is 0 Å². The summed E-state index contributed by atoms with van der Waals surface area (Å²) in [6, 6.07) is 0. The molecule has 0 spiro atoms. The molecule has 2 aromatic rings. The molecule has 4 N–H and O–H groups in total. The average molecular weight is 315 g/mol. The van der Waals surface area contributed by atoms with E-state index in [-0.39, 0.29) is 0 Å². The summed E-state index contributed by atoms with van der Waals surface area (Å²) in [5.41, 5.74) is 4.83. The Kier molecular flexibility index (Phi) is 3.35. The van der Waals surface area contributed by atoms with Gasteiger partial charge in [0.05, 0.1) is 4.92 Å². The van der Waals surface area contributed by atoms with Crippen molar-refractivity contribution in [3.63, 3.8) is 0 Å². The summed E-state index contributed by atoms with van der Waals surface area (Å²) >= 11 is 0. The van der Waals surface area contributed by atoms with E-state index in [1.807, 2.05) is 0 Å². The first-order valence-electron chi connectivity index (χ1n) is 5.15. The van der Waals surface area contributed by atoms with E-state index < -0.39 is 49.6 Å². The highest BCUT2D eigenvalue weighted by atomic mass is 16.7. The molecule has 0 saturated heterocycles. The highest BCUT2D eigenvalue weighted by Crippen LogP contribution is 2.32. The molecule has 116 valence electrons. The number of nitrogens with two attached hydrogens (primary N) is 1. The van der Waals surface area contributed by atoms with Gasteiger partial charge in [-0.2, -0.15) is 4.52 Å². The van der Waals surface area contributed by atoms with Crippen molar-refractivity contribution in [2.45, 2.75) is 6.17 Å². The molecular weight excluding hydrogens is 310 g/mol. The first kappa shape index (κ1) is 14.7. The minimum Gasteiger partial charge on any atom is -0.390 e. The maximum absolute atomic E-state index is 10.9. The lowest BCUT2D eigenvalue weighted by molar-refractivity contribution is -0.754. The molecule has 16 heteroatoms. The van der Waals surface area contributed by atoms with Gasteiger partial charge in [-0.15, -0.1) is 15.3 Å². The van der Waals surface area contributed by atoms with E-state index in [0.717, 1.165) is 0 Å². The minimum absolute atomic E-state index is 0.469. The summed E-state index contributed by atoms with van der Waals surface area (Å²) in [6.07, 6.45) is -2.52. The zero-order valence-corrected chi connectivity index (χ0v) is 10.2. The van der Waals surface area contributed by atoms with Gasteiger partial charge in [0.15, 0.2) is 5.69 Å². The standard InChI is InChI=1S/C6H5N9O7/c7-1-2(13(17)18)3(11-16)10-12-4(1)8-9-5(12)6(14(19)20)15(21)22/h6,16H,7H2,(H,10,11). The number of nitro groups is 3. The lowest BCUT2D eigenvalue weighted by atomic mass is 10.3. The summed E-state index contributed by atoms with van der Waals surface area (Å²) in [5.74, 6) is -1.63. The van der Waals surface area contributed by atoms with Crippen LogP contribution in [-0.2, 0) is 0 Å². The van der Waals surface area contributed by atoms with Gasteiger partial charge in [0.1, 0.15) is 9.85 Å². The zero-order valence-electron chi connectivity index (χ0n) is 10.2. The Balaban J connectivity index is 2.82. The van der Waals surface area contributed by atoms with Crippen molar-refractivity contribution in [1.82, 2.24) is 19.8 Å². The van der Waals surface area contributed by atoms with Crippen molar-refractivity contribution in [3.05, 3.63) is 36.2 Å². The summed E-state index contributed by atoms with van der Waals surface area (Å²) in [7, 11) is 0. The summed E-state index contributed by atoms with van der Waals surface area (Å²) in [6.45, 7) is 0. The van der Waals surface area contributed by atoms with Crippen LogP contribution in [0.4, 0.5) is 17.2 Å². The summed E-state index contributed by atoms with van der Waals surface area (Å²) in [4.78, 5) is 28.8. The van der Waals surface area contributed by atoms with Crippen molar-refractivity contribution in [2.24, 2.45) is 0 Å². The van der Waals surface area contributed by atoms with Crippen LogP contribution in [0.15, 0.2) is 0 Å². The van der Waals surface area contributed by atoms with E-state index in [9.17, 15) is 30.3 Å². The normalized spacial score (nSPS) is 10.8. The molecule has 0 aliphatic rings. The smallest absolute Gasteiger partial charge is 0.390 e. The first-order chi connectivity index (χ1) is 10.3. The largest absolute Gasteiger partial charge is 0.511 e. The Morgan fingerprint density at radius 3 is 2.23 bits per heavy atom. The molecule has 0 aliphatic carbocycles. The fraction of sp³-hybridized carbons (Fsp3) is 0.167. The van der Waals surface area contributed by atoms with Gasteiger partial charge >= 0.3 is 17.7 Å². The first-order valence-corrected chi connectivity index (χ1v) is 5.15. The van der Waals surface area contributed by atoms with Crippen LogP contribution in [-0.4, -0.2) is 39.8 Å². The summed E-state index contributed by atoms with van der Waals surface area (Å²) < 4.78 is 0.469. The molecule has 0 radical (unpaired) electrons. The van der Waals surface area contributed by atoms with Gasteiger partial charge in [-0.05, 0) is 0 Å². The molecule has 0 unspecified atom stereocenters. The van der Waals surface area contributed by atoms with Crippen molar-refractivity contribution in [1.29, 1.82) is 0 Å². The number of nitrogen functional groups attached to an aromatic ring is 1. The summed E-state index contributed by atoms with van der Waals surface area (Å²) in [5, 5.41) is 51.2. The number of aromatic nitrogens is 4. The SMILES string of the molecule is Nc1c([N+](=O)[O-])c(NO)nn2c(C([N+](=O)[O-])[N+](=O)[O-])nnc12. The second kappa shape index (κ2) is 5.01. The lowest BCUT2D eigenvalue weighted by Crippen LogP contribution is -2.23. The fourth-order valence-corrected chi connectivity index (χ4v) is 1.63. The van der Waals surface area contributed by atoms with Crippen molar-refractivity contribution >= 4 is 22.8 Å². The molecule has 0 aliphatic heterocycles. The number of anilines is 2. The molecule has 0 amide bonds. The quantitative estimate of drug-likeness (QED) is 0.341. The van der Waals surface area contributed by atoms with Crippen LogP contribution in [0.2, 0.25) is 0 Å². The number of nitrogens with zero attached hydrogens (tertiary/aromatic N) is 7. The number of hydrogen-bond acceptors (Lipinski definition) is 12. The molecule has 16 nitrogen and oxygen atoms in total. The molecule has 2 heterocycles.